The number of hydrogen-bond acceptors (Lipinski definition) is 4. The van der Waals surface area contributed by atoms with Gasteiger partial charge in [0.25, 0.3) is 5.91 Å². The lowest BCUT2D eigenvalue weighted by Crippen LogP contribution is -2.49. The number of amides is 1. The summed E-state index contributed by atoms with van der Waals surface area (Å²) in [7, 11) is 0. The molecule has 0 spiro atoms. The monoisotopic (exact) mass is 346 g/mol. The van der Waals surface area contributed by atoms with Gasteiger partial charge in [-0.3, -0.25) is 14.8 Å². The van der Waals surface area contributed by atoms with Crippen molar-refractivity contribution in [3.05, 3.63) is 65.5 Å². The lowest BCUT2D eigenvalue weighted by atomic mass is 10.1. The third-order valence-corrected chi connectivity index (χ3v) is 5.20. The molecule has 4 rings (SSSR count). The first-order chi connectivity index (χ1) is 12.6. The van der Waals surface area contributed by atoms with Gasteiger partial charge in [0, 0.05) is 49.8 Å². The van der Waals surface area contributed by atoms with Crippen molar-refractivity contribution in [2.24, 2.45) is 0 Å². The molecule has 0 N–H and O–H groups in total. The van der Waals surface area contributed by atoms with Gasteiger partial charge in [0.05, 0.1) is 11.0 Å². The molecule has 0 bridgehead atoms. The van der Waals surface area contributed by atoms with Crippen molar-refractivity contribution < 1.29 is 4.79 Å². The Labute approximate surface area is 153 Å². The highest BCUT2D eigenvalue weighted by Gasteiger charge is 2.23. The van der Waals surface area contributed by atoms with Crippen molar-refractivity contribution in [3.63, 3.8) is 0 Å². The number of fused-ring (bicyclic) bond motifs is 1. The molecule has 1 fully saturated rings. The van der Waals surface area contributed by atoms with E-state index >= 15 is 0 Å². The Bertz CT molecular complexity index is 961. The fraction of sp³-hybridized carbons (Fsp3) is 0.286. The van der Waals surface area contributed by atoms with Crippen molar-refractivity contribution in [3.8, 4) is 0 Å². The number of carbonyl (C=O) groups is 1. The second-order valence-corrected chi connectivity index (χ2v) is 6.76. The number of rotatable bonds is 2. The van der Waals surface area contributed by atoms with E-state index in [1.54, 1.807) is 12.4 Å². The van der Waals surface area contributed by atoms with Gasteiger partial charge in [-0.25, -0.2) is 0 Å². The van der Waals surface area contributed by atoms with E-state index in [0.717, 1.165) is 37.2 Å². The molecule has 26 heavy (non-hydrogen) atoms. The zero-order chi connectivity index (χ0) is 18.1. The van der Waals surface area contributed by atoms with Gasteiger partial charge in [-0.15, -0.1) is 0 Å². The molecule has 2 aromatic carbocycles. The second-order valence-electron chi connectivity index (χ2n) is 6.76. The molecule has 0 aliphatic carbocycles. The number of nitrogens with zero attached hydrogens (tertiary/aromatic N) is 4. The van der Waals surface area contributed by atoms with Gasteiger partial charge in [-0.1, -0.05) is 12.1 Å². The molecular weight excluding hydrogens is 324 g/mol. The van der Waals surface area contributed by atoms with E-state index in [0.29, 0.717) is 5.56 Å². The van der Waals surface area contributed by atoms with Gasteiger partial charge in [0.15, 0.2) is 0 Å². The highest BCUT2D eigenvalue weighted by Crippen LogP contribution is 2.24. The molecule has 5 nitrogen and oxygen atoms in total. The van der Waals surface area contributed by atoms with Gasteiger partial charge < -0.3 is 9.80 Å². The molecule has 3 aromatic rings. The van der Waals surface area contributed by atoms with E-state index in [1.807, 2.05) is 23.1 Å². The summed E-state index contributed by atoms with van der Waals surface area (Å²) in [6.45, 7) is 7.46. The Hall–Kier alpha value is -2.95. The van der Waals surface area contributed by atoms with Crippen LogP contribution in [0.5, 0.6) is 0 Å². The van der Waals surface area contributed by atoms with Crippen molar-refractivity contribution in [2.75, 3.05) is 31.1 Å². The number of hydrogen-bond donors (Lipinski definition) is 0. The van der Waals surface area contributed by atoms with Crippen molar-refractivity contribution in [1.29, 1.82) is 0 Å². The zero-order valence-corrected chi connectivity index (χ0v) is 15.1. The molecule has 1 aliphatic rings. The van der Waals surface area contributed by atoms with Crippen LogP contribution in [0.2, 0.25) is 0 Å². The molecule has 0 saturated carbocycles. The number of piperazine rings is 1. The molecule has 1 aromatic heterocycles. The van der Waals surface area contributed by atoms with Gasteiger partial charge >= 0.3 is 0 Å². The summed E-state index contributed by atoms with van der Waals surface area (Å²) < 4.78 is 0. The average Bonchev–Trinajstić information content (AvgIpc) is 2.69. The number of aromatic nitrogens is 2. The number of benzene rings is 2. The standard InChI is InChI=1S/C21H22N4O/c1-15-4-3-5-20(16(15)2)24-10-12-25(13-11-24)21(26)17-6-7-18-19(14-17)23-9-8-22-18/h3-9,14H,10-13H2,1-2H3. The summed E-state index contributed by atoms with van der Waals surface area (Å²) in [5.74, 6) is 0.0677. The lowest BCUT2D eigenvalue weighted by molar-refractivity contribution is 0.0747. The summed E-state index contributed by atoms with van der Waals surface area (Å²) in [5.41, 5.74) is 6.14. The highest BCUT2D eigenvalue weighted by molar-refractivity contribution is 5.97. The highest BCUT2D eigenvalue weighted by atomic mass is 16.2. The fourth-order valence-corrected chi connectivity index (χ4v) is 3.51. The van der Waals surface area contributed by atoms with Crippen LogP contribution in [0.25, 0.3) is 11.0 Å². The van der Waals surface area contributed by atoms with Crippen molar-refractivity contribution in [1.82, 2.24) is 14.9 Å². The molecule has 1 aliphatic heterocycles. The number of aryl methyl sites for hydroxylation is 1. The van der Waals surface area contributed by atoms with Crippen molar-refractivity contribution in [2.45, 2.75) is 13.8 Å². The van der Waals surface area contributed by atoms with Crippen LogP contribution in [0.15, 0.2) is 48.8 Å². The van der Waals surface area contributed by atoms with Crippen LogP contribution in [0.3, 0.4) is 0 Å². The molecular formula is C21H22N4O. The molecule has 1 saturated heterocycles. The predicted molar refractivity (Wildman–Crippen MR) is 104 cm³/mol. The predicted octanol–water partition coefficient (Wildman–Crippen LogP) is 3.21. The Morgan fingerprint density at radius 1 is 0.923 bits per heavy atom. The summed E-state index contributed by atoms with van der Waals surface area (Å²) in [6.07, 6.45) is 3.32. The number of anilines is 1. The summed E-state index contributed by atoms with van der Waals surface area (Å²) in [6, 6.07) is 12.0. The minimum Gasteiger partial charge on any atom is -0.368 e. The van der Waals surface area contributed by atoms with Crippen LogP contribution in [0.4, 0.5) is 5.69 Å². The molecule has 0 radical (unpaired) electrons. The maximum Gasteiger partial charge on any atom is 0.254 e. The third-order valence-electron chi connectivity index (χ3n) is 5.20. The smallest absolute Gasteiger partial charge is 0.254 e. The molecule has 0 atom stereocenters. The second kappa shape index (κ2) is 6.75. The minimum absolute atomic E-state index is 0.0677. The average molecular weight is 346 g/mol. The normalized spacial score (nSPS) is 14.7. The van der Waals surface area contributed by atoms with E-state index in [2.05, 4.69) is 46.9 Å². The van der Waals surface area contributed by atoms with E-state index < -0.39 is 0 Å². The summed E-state index contributed by atoms with van der Waals surface area (Å²) in [5, 5.41) is 0. The SMILES string of the molecule is Cc1cccc(N2CCN(C(=O)c3ccc4nccnc4c3)CC2)c1C. The Morgan fingerprint density at radius 3 is 2.42 bits per heavy atom. The minimum atomic E-state index is 0.0677. The first-order valence-corrected chi connectivity index (χ1v) is 8.95. The zero-order valence-electron chi connectivity index (χ0n) is 15.1. The maximum absolute atomic E-state index is 12.9. The Morgan fingerprint density at radius 2 is 1.65 bits per heavy atom. The maximum atomic E-state index is 12.9. The van der Waals surface area contributed by atoms with E-state index in [-0.39, 0.29) is 5.91 Å². The van der Waals surface area contributed by atoms with E-state index in [9.17, 15) is 4.79 Å². The Balaban J connectivity index is 1.48. The third kappa shape index (κ3) is 3.01. The first kappa shape index (κ1) is 16.5. The van der Waals surface area contributed by atoms with Crippen LogP contribution >= 0.6 is 0 Å². The molecule has 5 heteroatoms. The van der Waals surface area contributed by atoms with Crippen LogP contribution in [0.1, 0.15) is 21.5 Å². The summed E-state index contributed by atoms with van der Waals surface area (Å²) in [4.78, 5) is 25.7. The van der Waals surface area contributed by atoms with Crippen molar-refractivity contribution >= 4 is 22.6 Å². The van der Waals surface area contributed by atoms with Crippen LogP contribution in [-0.4, -0.2) is 47.0 Å². The fourth-order valence-electron chi connectivity index (χ4n) is 3.51. The lowest BCUT2D eigenvalue weighted by Gasteiger charge is -2.37. The molecule has 0 unspecified atom stereocenters. The van der Waals surface area contributed by atoms with Gasteiger partial charge in [0.1, 0.15) is 0 Å². The van der Waals surface area contributed by atoms with Gasteiger partial charge in [0.2, 0.25) is 0 Å². The molecule has 2 heterocycles. The quantitative estimate of drug-likeness (QED) is 0.715. The molecule has 1 amide bonds. The van der Waals surface area contributed by atoms with Crippen LogP contribution < -0.4 is 4.90 Å². The van der Waals surface area contributed by atoms with E-state index in [4.69, 9.17) is 0 Å². The topological polar surface area (TPSA) is 49.3 Å². The van der Waals surface area contributed by atoms with Crippen LogP contribution in [0, 0.1) is 13.8 Å². The largest absolute Gasteiger partial charge is 0.368 e. The van der Waals surface area contributed by atoms with Gasteiger partial charge in [-0.05, 0) is 49.2 Å². The van der Waals surface area contributed by atoms with E-state index in [1.165, 1.54) is 16.8 Å². The molecule has 132 valence electrons. The van der Waals surface area contributed by atoms with Gasteiger partial charge in [-0.2, -0.15) is 0 Å². The summed E-state index contributed by atoms with van der Waals surface area (Å²) >= 11 is 0. The number of carbonyl (C=O) groups excluding carboxylic acids is 1. The van der Waals surface area contributed by atoms with Crippen LogP contribution in [-0.2, 0) is 0 Å². The Kier molecular flexibility index (Phi) is 4.29. The first-order valence-electron chi connectivity index (χ1n) is 8.95.